The molecule has 4 nitrogen and oxygen atoms in total. The highest BCUT2D eigenvalue weighted by molar-refractivity contribution is 9.13. The molecule has 0 spiro atoms. The summed E-state index contributed by atoms with van der Waals surface area (Å²) < 4.78 is 25.4. The zero-order valence-electron chi connectivity index (χ0n) is 11.3. The molecule has 1 aromatic rings. The summed E-state index contributed by atoms with van der Waals surface area (Å²) in [7, 11) is -6.48. The van der Waals surface area contributed by atoms with Crippen LogP contribution in [0.2, 0.25) is 0 Å². The van der Waals surface area contributed by atoms with Crippen LogP contribution in [0.3, 0.4) is 0 Å². The van der Waals surface area contributed by atoms with Crippen LogP contribution in [0.4, 0.5) is 0 Å². The first-order valence-corrected chi connectivity index (χ1v) is 11.8. The van der Waals surface area contributed by atoms with E-state index in [-0.39, 0.29) is 24.6 Å². The van der Waals surface area contributed by atoms with Crippen molar-refractivity contribution in [2.45, 2.75) is 26.2 Å². The van der Waals surface area contributed by atoms with Crippen molar-refractivity contribution in [3.8, 4) is 0 Å². The molecule has 0 heterocycles. The van der Waals surface area contributed by atoms with Crippen LogP contribution in [-0.4, -0.2) is 22.1 Å². The Bertz CT molecular complexity index is 538. The fourth-order valence-electron chi connectivity index (χ4n) is 1.68. The summed E-state index contributed by atoms with van der Waals surface area (Å²) in [5, 5.41) is 0. The molecule has 2 unspecified atom stereocenters. The van der Waals surface area contributed by atoms with Gasteiger partial charge in [-0.15, -0.1) is 0 Å². The van der Waals surface area contributed by atoms with Crippen LogP contribution in [-0.2, 0) is 21.5 Å². The largest absolute Gasteiger partial charge is 0.344 e. The van der Waals surface area contributed by atoms with Crippen LogP contribution in [0.5, 0.6) is 0 Å². The molecule has 0 aromatic heterocycles. The van der Waals surface area contributed by atoms with Gasteiger partial charge in [0, 0.05) is 33.6 Å². The predicted octanol–water partition coefficient (Wildman–Crippen LogP) is 4.79. The lowest BCUT2D eigenvalue weighted by atomic mass is 10.1. The summed E-state index contributed by atoms with van der Waals surface area (Å²) in [6.45, 7) is 3.33. The molecule has 20 heavy (non-hydrogen) atoms. The molecule has 0 aliphatic carbocycles. The molecule has 114 valence electrons. The van der Waals surface area contributed by atoms with Crippen molar-refractivity contribution in [1.29, 1.82) is 0 Å². The second-order valence-electron chi connectivity index (χ2n) is 4.68. The van der Waals surface area contributed by atoms with Crippen molar-refractivity contribution in [2.24, 2.45) is 0 Å². The van der Waals surface area contributed by atoms with E-state index in [4.69, 9.17) is 0 Å². The molecule has 0 fully saturated rings. The van der Waals surface area contributed by atoms with E-state index in [1.807, 2.05) is 0 Å². The maximum absolute atomic E-state index is 11.9. The molecule has 0 amide bonds. The molecule has 0 saturated carbocycles. The first kappa shape index (κ1) is 18.6. The molecule has 0 aliphatic rings. The van der Waals surface area contributed by atoms with E-state index in [1.54, 1.807) is 26.0 Å². The third-order valence-electron chi connectivity index (χ3n) is 3.07. The van der Waals surface area contributed by atoms with E-state index in [1.165, 1.54) is 0 Å². The minimum atomic E-state index is -3.24. The summed E-state index contributed by atoms with van der Waals surface area (Å²) >= 11 is 6.71. The summed E-state index contributed by atoms with van der Waals surface area (Å²) in [5.41, 5.74) is 1.30. The minimum Gasteiger partial charge on any atom is -0.344 e. The van der Waals surface area contributed by atoms with E-state index in [2.05, 4.69) is 31.9 Å². The van der Waals surface area contributed by atoms with Gasteiger partial charge in [-0.3, -0.25) is 9.13 Å². The van der Waals surface area contributed by atoms with Gasteiger partial charge < -0.3 is 9.79 Å². The highest BCUT2D eigenvalue weighted by atomic mass is 79.9. The van der Waals surface area contributed by atoms with E-state index in [0.29, 0.717) is 11.1 Å². The summed E-state index contributed by atoms with van der Waals surface area (Å²) in [4.78, 5) is 19.6. The summed E-state index contributed by atoms with van der Waals surface area (Å²) in [5.74, 6) is 0. The van der Waals surface area contributed by atoms with Crippen LogP contribution in [0.1, 0.15) is 25.0 Å². The lowest BCUT2D eigenvalue weighted by Crippen LogP contribution is -2.00. The van der Waals surface area contributed by atoms with E-state index < -0.39 is 14.7 Å². The maximum atomic E-state index is 11.9. The molecule has 1 aromatic carbocycles. The van der Waals surface area contributed by atoms with Crippen LogP contribution >= 0.6 is 46.6 Å². The first-order valence-electron chi connectivity index (χ1n) is 6.18. The number of hydrogen-bond donors (Lipinski definition) is 2. The average molecular weight is 448 g/mol. The van der Waals surface area contributed by atoms with Crippen molar-refractivity contribution in [3.63, 3.8) is 0 Å². The van der Waals surface area contributed by atoms with Crippen LogP contribution in [0, 0.1) is 0 Å². The highest BCUT2D eigenvalue weighted by Crippen LogP contribution is 2.49. The number of benzene rings is 1. The van der Waals surface area contributed by atoms with E-state index in [9.17, 15) is 18.9 Å². The molecular weight excluding hydrogens is 430 g/mol. The first-order chi connectivity index (χ1) is 9.10. The van der Waals surface area contributed by atoms with Gasteiger partial charge in [0.05, 0.1) is 0 Å². The fourth-order valence-corrected chi connectivity index (χ4v) is 4.56. The molecule has 8 heteroatoms. The van der Waals surface area contributed by atoms with Crippen LogP contribution in [0.25, 0.3) is 0 Å². The fraction of sp³-hybridized carbons (Fsp3) is 0.500. The molecule has 2 atom stereocenters. The quantitative estimate of drug-likeness (QED) is 0.614. The van der Waals surface area contributed by atoms with Crippen LogP contribution in [0.15, 0.2) is 21.1 Å². The third-order valence-corrected chi connectivity index (χ3v) is 8.56. The third kappa shape index (κ3) is 5.40. The van der Waals surface area contributed by atoms with E-state index >= 15 is 0 Å². The topological polar surface area (TPSA) is 74.6 Å². The van der Waals surface area contributed by atoms with Crippen molar-refractivity contribution in [1.82, 2.24) is 0 Å². The Morgan fingerprint density at radius 3 is 1.45 bits per heavy atom. The lowest BCUT2D eigenvalue weighted by molar-refractivity contribution is 0.474. The Balaban J connectivity index is 3.24. The molecular formula is C12H18Br2O4P2. The van der Waals surface area contributed by atoms with Gasteiger partial charge in [-0.2, -0.15) is 0 Å². The second kappa shape index (κ2) is 7.21. The van der Waals surface area contributed by atoms with Gasteiger partial charge >= 0.3 is 0 Å². The van der Waals surface area contributed by atoms with Gasteiger partial charge in [-0.1, -0.05) is 13.8 Å². The van der Waals surface area contributed by atoms with Gasteiger partial charge in [-0.05, 0) is 55.1 Å². The summed E-state index contributed by atoms with van der Waals surface area (Å²) in [6, 6.07) is 3.49. The highest BCUT2D eigenvalue weighted by Gasteiger charge is 2.23. The number of hydrogen-bond acceptors (Lipinski definition) is 2. The van der Waals surface area contributed by atoms with Crippen molar-refractivity contribution >= 4 is 46.6 Å². The number of rotatable bonds is 6. The molecule has 0 radical (unpaired) electrons. The Hall–Kier alpha value is 0.560. The van der Waals surface area contributed by atoms with Crippen molar-refractivity contribution < 1.29 is 18.9 Å². The minimum absolute atomic E-state index is 0.0222. The Labute approximate surface area is 136 Å². The monoisotopic (exact) mass is 446 g/mol. The number of halogens is 2. The van der Waals surface area contributed by atoms with Gasteiger partial charge in [-0.25, -0.2) is 0 Å². The Morgan fingerprint density at radius 1 is 0.900 bits per heavy atom. The Kier molecular flexibility index (Phi) is 6.71. The zero-order valence-corrected chi connectivity index (χ0v) is 16.3. The predicted molar refractivity (Wildman–Crippen MR) is 90.0 cm³/mol. The van der Waals surface area contributed by atoms with Gasteiger partial charge in [0.25, 0.3) is 0 Å². The lowest BCUT2D eigenvalue weighted by Gasteiger charge is -2.17. The smallest absolute Gasteiger partial charge is 0.204 e. The average Bonchev–Trinajstić information content (AvgIpc) is 2.35. The molecule has 2 N–H and O–H groups in total. The van der Waals surface area contributed by atoms with Crippen LogP contribution < -0.4 is 0 Å². The zero-order chi connectivity index (χ0) is 15.6. The van der Waals surface area contributed by atoms with Gasteiger partial charge in [0.15, 0.2) is 0 Å². The second-order valence-corrected chi connectivity index (χ2v) is 11.7. The summed E-state index contributed by atoms with van der Waals surface area (Å²) in [6.07, 6.45) is 0.415. The van der Waals surface area contributed by atoms with Crippen molar-refractivity contribution in [3.05, 3.63) is 32.2 Å². The van der Waals surface area contributed by atoms with Crippen molar-refractivity contribution in [2.75, 3.05) is 12.3 Å². The van der Waals surface area contributed by atoms with E-state index in [0.717, 1.165) is 8.95 Å². The molecule has 0 saturated heterocycles. The maximum Gasteiger partial charge on any atom is 0.204 e. The van der Waals surface area contributed by atoms with Gasteiger partial charge in [0.1, 0.15) is 0 Å². The SMILES string of the molecule is CCP(=O)(O)Cc1cc(Br)c(Br)cc1CP(=O)(O)CC. The molecule has 0 aliphatic heterocycles. The Morgan fingerprint density at radius 2 is 1.20 bits per heavy atom. The normalized spacial score (nSPS) is 17.5. The standard InChI is InChI=1S/C12H18Br2O4P2/c1-3-19(15,16)7-9-5-11(13)12(14)6-10(9)8-20(17,18)4-2/h5-6H,3-4,7-8H2,1-2H3,(H,15,16)(H,17,18). The van der Waals surface area contributed by atoms with Gasteiger partial charge in [0.2, 0.25) is 14.7 Å². The molecule has 0 bridgehead atoms. The molecule has 1 rings (SSSR count).